The summed E-state index contributed by atoms with van der Waals surface area (Å²) in [6.45, 7) is 5.26. The largest absolute Gasteiger partial charge is 0.456 e. The number of aliphatic imine (C=N–C) groups is 1. The molecule has 0 unspecified atom stereocenters. The van der Waals surface area contributed by atoms with Crippen molar-refractivity contribution < 1.29 is 32.2 Å². The SMILES string of the molecule is CC(C)(C)OC(=O)Nc1ccc(Oc2ccnc3c2CC(=O)C(C(F)(F)F)=N3)c2ccccc12. The van der Waals surface area contributed by atoms with Crippen molar-refractivity contribution in [3.63, 3.8) is 0 Å². The Bertz CT molecular complexity index is 1330. The van der Waals surface area contributed by atoms with E-state index in [1.165, 1.54) is 12.3 Å². The maximum atomic E-state index is 13.1. The summed E-state index contributed by atoms with van der Waals surface area (Å²) in [5.74, 6) is -0.824. The van der Waals surface area contributed by atoms with Crippen molar-refractivity contribution in [2.45, 2.75) is 39.0 Å². The lowest BCUT2D eigenvalue weighted by Crippen LogP contribution is -2.34. The van der Waals surface area contributed by atoms with Gasteiger partial charge in [0.05, 0.1) is 5.69 Å². The molecule has 0 spiro atoms. The molecule has 10 heteroatoms. The third-order valence-corrected chi connectivity index (χ3v) is 4.82. The van der Waals surface area contributed by atoms with Gasteiger partial charge in [0.1, 0.15) is 17.1 Å². The number of hydrogen-bond acceptors (Lipinski definition) is 6. The first-order chi connectivity index (χ1) is 15.9. The van der Waals surface area contributed by atoms with E-state index < -0.39 is 35.8 Å². The molecule has 1 aromatic heterocycles. The quantitative estimate of drug-likeness (QED) is 0.496. The van der Waals surface area contributed by atoms with E-state index >= 15 is 0 Å². The van der Waals surface area contributed by atoms with E-state index in [0.717, 1.165) is 0 Å². The zero-order valence-corrected chi connectivity index (χ0v) is 18.5. The number of hydrogen-bond donors (Lipinski definition) is 1. The highest BCUT2D eigenvalue weighted by atomic mass is 19.4. The molecular weight excluding hydrogens is 451 g/mol. The number of rotatable bonds is 3. The number of aromatic nitrogens is 1. The van der Waals surface area contributed by atoms with Crippen LogP contribution in [0.2, 0.25) is 0 Å². The van der Waals surface area contributed by atoms with E-state index in [2.05, 4.69) is 15.3 Å². The van der Waals surface area contributed by atoms with Gasteiger partial charge in [-0.2, -0.15) is 13.2 Å². The van der Waals surface area contributed by atoms with Gasteiger partial charge in [0, 0.05) is 29.0 Å². The molecule has 4 rings (SSSR count). The van der Waals surface area contributed by atoms with Gasteiger partial charge < -0.3 is 9.47 Å². The summed E-state index contributed by atoms with van der Waals surface area (Å²) >= 11 is 0. The molecule has 0 saturated carbocycles. The highest BCUT2D eigenvalue weighted by Crippen LogP contribution is 2.39. The van der Waals surface area contributed by atoms with Crippen LogP contribution in [0.3, 0.4) is 0 Å². The van der Waals surface area contributed by atoms with Crippen molar-refractivity contribution in [2.75, 3.05) is 5.32 Å². The van der Waals surface area contributed by atoms with Gasteiger partial charge in [-0.25, -0.2) is 14.8 Å². The maximum Gasteiger partial charge on any atom is 0.436 e. The molecule has 0 aliphatic carbocycles. The first-order valence-electron chi connectivity index (χ1n) is 10.3. The van der Waals surface area contributed by atoms with Crippen LogP contribution in [0.25, 0.3) is 10.8 Å². The normalized spacial score (nSPS) is 13.8. The van der Waals surface area contributed by atoms with Crippen molar-refractivity contribution in [3.05, 3.63) is 54.2 Å². The topological polar surface area (TPSA) is 89.9 Å². The second kappa shape index (κ2) is 8.44. The van der Waals surface area contributed by atoms with Crippen LogP contribution >= 0.6 is 0 Å². The number of ketones is 1. The van der Waals surface area contributed by atoms with Gasteiger partial charge in [0.25, 0.3) is 0 Å². The van der Waals surface area contributed by atoms with Crippen molar-refractivity contribution in [1.29, 1.82) is 0 Å². The highest BCUT2D eigenvalue weighted by molar-refractivity contribution is 6.43. The van der Waals surface area contributed by atoms with E-state index in [1.54, 1.807) is 57.2 Å². The van der Waals surface area contributed by atoms with E-state index in [4.69, 9.17) is 9.47 Å². The third-order valence-electron chi connectivity index (χ3n) is 4.82. The molecule has 1 aliphatic rings. The number of halogens is 3. The Hall–Kier alpha value is -3.95. The van der Waals surface area contributed by atoms with E-state index in [0.29, 0.717) is 22.2 Å². The van der Waals surface area contributed by atoms with Crippen LogP contribution in [0.15, 0.2) is 53.7 Å². The van der Waals surface area contributed by atoms with Crippen molar-refractivity contribution in [1.82, 2.24) is 4.98 Å². The molecule has 0 fully saturated rings. The number of carbonyl (C=O) groups excluding carboxylic acids is 2. The molecule has 34 heavy (non-hydrogen) atoms. The fraction of sp³-hybridized carbons (Fsp3) is 0.250. The first-order valence-corrected chi connectivity index (χ1v) is 10.3. The summed E-state index contributed by atoms with van der Waals surface area (Å²) in [6, 6.07) is 11.8. The van der Waals surface area contributed by atoms with Gasteiger partial charge in [-0.05, 0) is 39.0 Å². The number of amides is 1. The average molecular weight is 471 g/mol. The smallest absolute Gasteiger partial charge is 0.436 e. The maximum absolute atomic E-state index is 13.1. The number of carbonyl (C=O) groups is 2. The van der Waals surface area contributed by atoms with Gasteiger partial charge in [0.15, 0.2) is 17.3 Å². The zero-order chi connectivity index (χ0) is 24.7. The second-order valence-corrected chi connectivity index (χ2v) is 8.56. The third kappa shape index (κ3) is 4.85. The van der Waals surface area contributed by atoms with Gasteiger partial charge in [-0.1, -0.05) is 24.3 Å². The Morgan fingerprint density at radius 1 is 1.00 bits per heavy atom. The summed E-state index contributed by atoms with van der Waals surface area (Å²) in [6.07, 6.45) is -4.75. The minimum Gasteiger partial charge on any atom is -0.456 e. The highest BCUT2D eigenvalue weighted by Gasteiger charge is 2.43. The molecular formula is C24H20F3N3O4. The number of ether oxygens (including phenoxy) is 2. The Morgan fingerprint density at radius 3 is 2.38 bits per heavy atom. The average Bonchev–Trinajstić information content (AvgIpc) is 2.73. The van der Waals surface area contributed by atoms with E-state index in [-0.39, 0.29) is 17.1 Å². The number of nitrogens with zero attached hydrogens (tertiary/aromatic N) is 2. The molecule has 1 amide bonds. The minimum atomic E-state index is -4.86. The molecule has 0 saturated heterocycles. The molecule has 0 radical (unpaired) electrons. The lowest BCUT2D eigenvalue weighted by Gasteiger charge is -2.21. The Labute approximate surface area is 192 Å². The summed E-state index contributed by atoms with van der Waals surface area (Å²) in [4.78, 5) is 31.6. The fourth-order valence-corrected chi connectivity index (χ4v) is 3.46. The monoisotopic (exact) mass is 471 g/mol. The summed E-state index contributed by atoms with van der Waals surface area (Å²) < 4.78 is 50.6. The number of anilines is 1. The van der Waals surface area contributed by atoms with Gasteiger partial charge in [-0.15, -0.1) is 0 Å². The number of alkyl halides is 3. The number of fused-ring (bicyclic) bond motifs is 2. The number of Topliss-reactive ketones (excluding diaryl/α,β-unsaturated/α-hetero) is 1. The standard InChI is InChI=1S/C24H20F3N3O4/c1-23(2,3)34-22(32)29-16-8-9-18(14-7-5-4-6-13(14)16)33-19-10-11-28-21-15(19)12-17(31)20(30-21)24(25,26)27/h4-11H,12H2,1-3H3,(H,29,32). The molecule has 1 aliphatic heterocycles. The molecule has 3 aromatic rings. The molecule has 2 aromatic carbocycles. The zero-order valence-electron chi connectivity index (χ0n) is 18.5. The van der Waals surface area contributed by atoms with Crippen LogP contribution in [-0.4, -0.2) is 34.3 Å². The van der Waals surface area contributed by atoms with Gasteiger partial charge in [-0.3, -0.25) is 10.1 Å². The van der Waals surface area contributed by atoms with Crippen LogP contribution in [-0.2, 0) is 16.0 Å². The molecule has 176 valence electrons. The van der Waals surface area contributed by atoms with Crippen molar-refractivity contribution in [2.24, 2.45) is 4.99 Å². The minimum absolute atomic E-state index is 0.167. The van der Waals surface area contributed by atoms with Crippen LogP contribution < -0.4 is 10.1 Å². The van der Waals surface area contributed by atoms with E-state index in [9.17, 15) is 22.8 Å². The predicted octanol–water partition coefficient (Wildman–Crippen LogP) is 6.13. The number of benzene rings is 2. The van der Waals surface area contributed by atoms with Gasteiger partial charge >= 0.3 is 12.3 Å². The molecule has 0 bridgehead atoms. The Balaban J connectivity index is 1.69. The Kier molecular flexibility index (Phi) is 5.76. The first kappa shape index (κ1) is 23.2. The van der Waals surface area contributed by atoms with Gasteiger partial charge in [0.2, 0.25) is 0 Å². The summed E-state index contributed by atoms with van der Waals surface area (Å²) in [5, 5.41) is 3.99. The molecule has 2 heterocycles. The lowest BCUT2D eigenvalue weighted by molar-refractivity contribution is -0.117. The number of nitrogens with one attached hydrogen (secondary N) is 1. The molecule has 1 N–H and O–H groups in total. The van der Waals surface area contributed by atoms with Crippen LogP contribution in [0.4, 0.5) is 29.5 Å². The predicted molar refractivity (Wildman–Crippen MR) is 120 cm³/mol. The van der Waals surface area contributed by atoms with E-state index in [1.807, 2.05) is 0 Å². The lowest BCUT2D eigenvalue weighted by atomic mass is 10.0. The molecule has 7 nitrogen and oxygen atoms in total. The Morgan fingerprint density at radius 2 is 1.71 bits per heavy atom. The number of pyridine rings is 1. The summed E-state index contributed by atoms with van der Waals surface area (Å²) in [5.41, 5.74) is -1.49. The fourth-order valence-electron chi connectivity index (χ4n) is 3.46. The van der Waals surface area contributed by atoms with Crippen molar-refractivity contribution in [3.8, 4) is 11.5 Å². The van der Waals surface area contributed by atoms with Crippen LogP contribution in [0.5, 0.6) is 11.5 Å². The van der Waals surface area contributed by atoms with Crippen LogP contribution in [0, 0.1) is 0 Å². The van der Waals surface area contributed by atoms with Crippen LogP contribution in [0.1, 0.15) is 26.3 Å². The summed E-state index contributed by atoms with van der Waals surface area (Å²) in [7, 11) is 0. The van der Waals surface area contributed by atoms with Crippen molar-refractivity contribution >= 4 is 39.9 Å². The second-order valence-electron chi connectivity index (χ2n) is 8.56. The molecule has 0 atom stereocenters.